The second-order valence-electron chi connectivity index (χ2n) is 5.78. The van der Waals surface area contributed by atoms with Gasteiger partial charge >= 0.3 is 5.97 Å². The lowest BCUT2D eigenvalue weighted by Crippen LogP contribution is -2.22. The summed E-state index contributed by atoms with van der Waals surface area (Å²) in [7, 11) is 1.57. The van der Waals surface area contributed by atoms with Gasteiger partial charge in [0, 0.05) is 24.3 Å². The third kappa shape index (κ3) is 3.23. The van der Waals surface area contributed by atoms with Gasteiger partial charge in [-0.3, -0.25) is 4.79 Å². The number of fused-ring (bicyclic) bond motifs is 1. The number of nitrogens with zero attached hydrogens (tertiary/aromatic N) is 2. The zero-order valence-electron chi connectivity index (χ0n) is 13.0. The van der Waals surface area contributed by atoms with Crippen molar-refractivity contribution in [2.75, 3.05) is 0 Å². The summed E-state index contributed by atoms with van der Waals surface area (Å²) in [6.07, 6.45) is 6.89. The molecule has 0 saturated carbocycles. The summed E-state index contributed by atoms with van der Waals surface area (Å²) in [5.41, 5.74) is 4.35. The van der Waals surface area contributed by atoms with Crippen LogP contribution in [0.4, 0.5) is 0 Å². The fourth-order valence-electron chi connectivity index (χ4n) is 2.95. The monoisotopic (exact) mass is 310 g/mol. The number of carboxylic acid groups (broad SMARTS) is 1. The van der Waals surface area contributed by atoms with Crippen LogP contribution in [0.15, 0.2) is 35.1 Å². The summed E-state index contributed by atoms with van der Waals surface area (Å²) < 4.78 is 1.25. The predicted molar refractivity (Wildman–Crippen MR) is 88.2 cm³/mol. The van der Waals surface area contributed by atoms with Crippen molar-refractivity contribution in [1.29, 1.82) is 0 Å². The summed E-state index contributed by atoms with van der Waals surface area (Å²) >= 11 is 0. The molecule has 1 N–H and O–H groups in total. The van der Waals surface area contributed by atoms with Gasteiger partial charge in [0.05, 0.1) is 5.69 Å². The van der Waals surface area contributed by atoms with E-state index in [1.807, 2.05) is 6.07 Å². The number of aliphatic carboxylic acids is 1. The number of aryl methyl sites for hydroxylation is 3. The standard InChI is InChI=1S/C18H18N2O3/c1-20-18(23)15(8-9-17(21)22)11-16(19-20)14-7-6-12-4-2-3-5-13(12)10-14/h6-11H,2-5H2,1H3,(H,21,22)/b9-8+. The number of benzene rings is 1. The Labute approximate surface area is 133 Å². The lowest BCUT2D eigenvalue weighted by Gasteiger charge is -2.16. The third-order valence-electron chi connectivity index (χ3n) is 4.14. The van der Waals surface area contributed by atoms with Crippen LogP contribution >= 0.6 is 0 Å². The van der Waals surface area contributed by atoms with Gasteiger partial charge in [0.2, 0.25) is 0 Å². The average molecular weight is 310 g/mol. The van der Waals surface area contributed by atoms with E-state index in [1.54, 1.807) is 13.1 Å². The molecule has 0 spiro atoms. The second-order valence-corrected chi connectivity index (χ2v) is 5.78. The molecule has 1 aliphatic carbocycles. The maximum atomic E-state index is 12.1. The molecule has 0 amide bonds. The van der Waals surface area contributed by atoms with Gasteiger partial charge < -0.3 is 5.11 Å². The van der Waals surface area contributed by atoms with Crippen molar-refractivity contribution in [2.45, 2.75) is 25.7 Å². The summed E-state index contributed by atoms with van der Waals surface area (Å²) in [4.78, 5) is 22.7. The van der Waals surface area contributed by atoms with Crippen molar-refractivity contribution >= 4 is 12.0 Å². The highest BCUT2D eigenvalue weighted by molar-refractivity contribution is 5.85. The highest BCUT2D eigenvalue weighted by atomic mass is 16.4. The van der Waals surface area contributed by atoms with Gasteiger partial charge in [-0.1, -0.05) is 12.1 Å². The number of hydrogen-bond acceptors (Lipinski definition) is 3. The minimum Gasteiger partial charge on any atom is -0.478 e. The Kier molecular flexibility index (Phi) is 4.10. The molecule has 0 aliphatic heterocycles. The van der Waals surface area contributed by atoms with Crippen molar-refractivity contribution in [2.24, 2.45) is 7.05 Å². The molecule has 1 heterocycles. The first-order valence-corrected chi connectivity index (χ1v) is 7.66. The van der Waals surface area contributed by atoms with Gasteiger partial charge in [-0.05, 0) is 55.0 Å². The number of carbonyl (C=O) groups is 1. The number of rotatable bonds is 3. The van der Waals surface area contributed by atoms with Crippen LogP contribution < -0.4 is 5.56 Å². The summed E-state index contributed by atoms with van der Waals surface area (Å²) in [5.74, 6) is -1.08. The fraction of sp³-hybridized carbons (Fsp3) is 0.278. The van der Waals surface area contributed by atoms with Gasteiger partial charge in [0.1, 0.15) is 0 Å². The smallest absolute Gasteiger partial charge is 0.328 e. The van der Waals surface area contributed by atoms with E-state index in [2.05, 4.69) is 17.2 Å². The first kappa shape index (κ1) is 15.2. The zero-order chi connectivity index (χ0) is 16.4. The molecule has 1 aliphatic rings. The molecule has 5 heteroatoms. The van der Waals surface area contributed by atoms with Crippen molar-refractivity contribution < 1.29 is 9.90 Å². The van der Waals surface area contributed by atoms with Crippen LogP contribution in [0.3, 0.4) is 0 Å². The van der Waals surface area contributed by atoms with Crippen molar-refractivity contribution in [3.05, 3.63) is 57.4 Å². The van der Waals surface area contributed by atoms with Gasteiger partial charge in [-0.25, -0.2) is 9.48 Å². The Bertz CT molecular complexity index is 850. The van der Waals surface area contributed by atoms with E-state index in [0.717, 1.165) is 24.5 Å². The Hall–Kier alpha value is -2.69. The molecule has 1 aromatic carbocycles. The minimum atomic E-state index is -1.08. The minimum absolute atomic E-state index is 0.316. The molecule has 1 aromatic heterocycles. The topological polar surface area (TPSA) is 72.2 Å². The normalized spacial score (nSPS) is 14.0. The van der Waals surface area contributed by atoms with E-state index in [1.165, 1.54) is 34.7 Å². The predicted octanol–water partition coefficient (Wildman–Crippen LogP) is 2.42. The Morgan fingerprint density at radius 2 is 1.96 bits per heavy atom. The van der Waals surface area contributed by atoms with E-state index < -0.39 is 5.97 Å². The molecule has 5 nitrogen and oxygen atoms in total. The molecule has 0 radical (unpaired) electrons. The summed E-state index contributed by atoms with van der Waals surface area (Å²) in [6.45, 7) is 0. The molecular weight excluding hydrogens is 292 g/mol. The number of hydrogen-bond donors (Lipinski definition) is 1. The lowest BCUT2D eigenvalue weighted by atomic mass is 9.90. The van der Waals surface area contributed by atoms with Crippen molar-refractivity contribution in [3.8, 4) is 11.3 Å². The Morgan fingerprint density at radius 3 is 2.70 bits per heavy atom. The first-order valence-electron chi connectivity index (χ1n) is 7.66. The molecule has 118 valence electrons. The van der Waals surface area contributed by atoms with Gasteiger partial charge in [0.25, 0.3) is 5.56 Å². The maximum Gasteiger partial charge on any atom is 0.328 e. The van der Waals surface area contributed by atoms with E-state index >= 15 is 0 Å². The van der Waals surface area contributed by atoms with Crippen LogP contribution in [0.2, 0.25) is 0 Å². The molecule has 3 rings (SSSR count). The van der Waals surface area contributed by atoms with Gasteiger partial charge in [-0.15, -0.1) is 0 Å². The molecule has 23 heavy (non-hydrogen) atoms. The van der Waals surface area contributed by atoms with Gasteiger partial charge in [-0.2, -0.15) is 5.10 Å². The first-order chi connectivity index (χ1) is 11.0. The van der Waals surface area contributed by atoms with Crippen LogP contribution in [0.25, 0.3) is 17.3 Å². The summed E-state index contributed by atoms with van der Waals surface area (Å²) in [6, 6.07) is 7.92. The number of aromatic nitrogens is 2. The quantitative estimate of drug-likeness (QED) is 0.884. The molecule has 0 atom stereocenters. The zero-order valence-corrected chi connectivity index (χ0v) is 13.0. The van der Waals surface area contributed by atoms with E-state index in [4.69, 9.17) is 5.11 Å². The van der Waals surface area contributed by atoms with E-state index in [-0.39, 0.29) is 5.56 Å². The Balaban J connectivity index is 2.06. The molecule has 0 saturated heterocycles. The van der Waals surface area contributed by atoms with Crippen molar-refractivity contribution in [3.63, 3.8) is 0 Å². The van der Waals surface area contributed by atoms with E-state index in [0.29, 0.717) is 11.3 Å². The Morgan fingerprint density at radius 1 is 1.22 bits per heavy atom. The lowest BCUT2D eigenvalue weighted by molar-refractivity contribution is -0.131. The maximum absolute atomic E-state index is 12.1. The van der Waals surface area contributed by atoms with Crippen LogP contribution in [-0.4, -0.2) is 20.9 Å². The SMILES string of the molecule is Cn1nc(-c2ccc3c(c2)CCCC3)cc(/C=C/C(=O)O)c1=O. The van der Waals surface area contributed by atoms with Crippen molar-refractivity contribution in [1.82, 2.24) is 9.78 Å². The molecular formula is C18H18N2O3. The van der Waals surface area contributed by atoms with Crippen LogP contribution in [0, 0.1) is 0 Å². The largest absolute Gasteiger partial charge is 0.478 e. The van der Waals surface area contributed by atoms with Gasteiger partial charge in [0.15, 0.2) is 0 Å². The molecule has 2 aromatic rings. The van der Waals surface area contributed by atoms with Crippen LogP contribution in [0.5, 0.6) is 0 Å². The fourth-order valence-corrected chi connectivity index (χ4v) is 2.95. The van der Waals surface area contributed by atoms with Crippen LogP contribution in [0.1, 0.15) is 29.5 Å². The van der Waals surface area contributed by atoms with Crippen LogP contribution in [-0.2, 0) is 24.7 Å². The molecule has 0 bridgehead atoms. The molecule has 0 fully saturated rings. The second kappa shape index (κ2) is 6.20. The van der Waals surface area contributed by atoms with E-state index in [9.17, 15) is 9.59 Å². The highest BCUT2D eigenvalue weighted by Crippen LogP contribution is 2.26. The molecule has 0 unspecified atom stereocenters. The third-order valence-corrected chi connectivity index (χ3v) is 4.14. The average Bonchev–Trinajstić information content (AvgIpc) is 2.55. The summed E-state index contributed by atoms with van der Waals surface area (Å²) in [5, 5.41) is 13.0. The highest BCUT2D eigenvalue weighted by Gasteiger charge is 2.12. The number of carboxylic acids is 1.